The molecule has 0 aromatic carbocycles. The lowest BCUT2D eigenvalue weighted by Gasteiger charge is -2.49. The summed E-state index contributed by atoms with van der Waals surface area (Å²) in [6, 6.07) is -0.429. The SMILES string of the molecule is C#CCCN(C)[C@H]1C[C@@H](C)OC(O[C@@H]2[C@@H](C)C(O[C@H]3C[C@@](C)(OC)[C@@H](OC(C)=O)[C@H](C)O3)[C@@H](C)C(=O)O[C@H](CC)[C@@](C)(O)[C@H](O)[C@@H](C)/C(NOC(C)=O)=C(/C)C[C@@]2(C)O)[C@@H]1OC(C)=O. The highest BCUT2D eigenvalue weighted by Gasteiger charge is 2.54. The highest BCUT2D eigenvalue weighted by Crippen LogP contribution is 2.42. The van der Waals surface area contributed by atoms with E-state index in [0.717, 1.165) is 0 Å². The largest absolute Gasteiger partial charge is 0.459 e. The van der Waals surface area contributed by atoms with Gasteiger partial charge in [0.1, 0.15) is 17.3 Å². The standard InChI is InChI=1S/C46H76N2O16/c1-17-19-20-48(15)33-21-25(4)57-43(38(33)59-30(9)49)63-40-27(6)37(62-35-23-45(13,56-16)41(29(8)58-35)60-31(10)50)28(7)42(53)61-34(18-2)46(14,55)39(52)26(5)36(47-64-32(11)51)24(3)22-44(40,12)54/h1,25-29,33-35,37-41,43,47,52,54-55H,18-23H2,2-16H3/b36-24+/t25-,26+,27+,28-,29+,33+,34-,35+,37?,38-,39-,40-,41+,43?,44-,45-,46-/m1/s1. The van der Waals surface area contributed by atoms with Gasteiger partial charge < -0.3 is 58.1 Å². The number of rotatable bonds is 13. The van der Waals surface area contributed by atoms with Crippen molar-refractivity contribution in [3.63, 3.8) is 0 Å². The Morgan fingerprint density at radius 3 is 2.11 bits per heavy atom. The predicted molar refractivity (Wildman–Crippen MR) is 231 cm³/mol. The van der Waals surface area contributed by atoms with Gasteiger partial charge >= 0.3 is 23.9 Å². The van der Waals surface area contributed by atoms with Gasteiger partial charge in [-0.1, -0.05) is 20.8 Å². The first-order valence-electron chi connectivity index (χ1n) is 22.3. The van der Waals surface area contributed by atoms with Gasteiger partial charge in [-0.2, -0.15) is 0 Å². The Bertz CT molecular complexity index is 1680. The summed E-state index contributed by atoms with van der Waals surface area (Å²) >= 11 is 0. The summed E-state index contributed by atoms with van der Waals surface area (Å²) < 4.78 is 50.1. The van der Waals surface area contributed by atoms with Gasteiger partial charge in [-0.25, -0.2) is 5.48 Å². The number of aliphatic hydroxyl groups excluding tert-OH is 1. The van der Waals surface area contributed by atoms with E-state index in [1.807, 2.05) is 18.9 Å². The van der Waals surface area contributed by atoms with Gasteiger partial charge in [0.2, 0.25) is 0 Å². The molecule has 0 aliphatic carbocycles. The summed E-state index contributed by atoms with van der Waals surface area (Å²) in [5.41, 5.74) is -1.87. The molecule has 366 valence electrons. The van der Waals surface area contributed by atoms with Crippen molar-refractivity contribution in [3.05, 3.63) is 11.3 Å². The summed E-state index contributed by atoms with van der Waals surface area (Å²) in [4.78, 5) is 58.8. The highest BCUT2D eigenvalue weighted by atomic mass is 16.7. The smallest absolute Gasteiger partial charge is 0.329 e. The summed E-state index contributed by atoms with van der Waals surface area (Å²) in [6.45, 7) is 20.7. The number of methoxy groups -OCH3 is 1. The molecule has 64 heavy (non-hydrogen) atoms. The van der Waals surface area contributed by atoms with Crippen LogP contribution in [0.2, 0.25) is 0 Å². The number of carbonyl (C=O) groups is 4. The molecule has 0 bridgehead atoms. The number of hydroxylamine groups is 1. The zero-order valence-electron chi connectivity index (χ0n) is 40.5. The lowest BCUT2D eigenvalue weighted by atomic mass is 9.76. The fourth-order valence-electron chi connectivity index (χ4n) is 9.58. The Morgan fingerprint density at radius 1 is 0.938 bits per heavy atom. The molecule has 18 heteroatoms. The number of hydrogen-bond donors (Lipinski definition) is 4. The number of ether oxygens (including phenoxy) is 8. The van der Waals surface area contributed by atoms with E-state index in [4.69, 9.17) is 49.2 Å². The first kappa shape index (κ1) is 55.0. The quantitative estimate of drug-likeness (QED) is 0.0898. The molecule has 17 atom stereocenters. The summed E-state index contributed by atoms with van der Waals surface area (Å²) in [6.07, 6.45) is -4.35. The molecule has 18 nitrogen and oxygen atoms in total. The fraction of sp³-hybridized carbons (Fsp3) is 0.826. The van der Waals surface area contributed by atoms with Gasteiger partial charge in [0.15, 0.2) is 24.8 Å². The molecule has 3 aliphatic heterocycles. The highest BCUT2D eigenvalue weighted by molar-refractivity contribution is 5.73. The molecular formula is C46H76N2O16. The van der Waals surface area contributed by atoms with Crippen molar-refractivity contribution in [2.75, 3.05) is 20.7 Å². The van der Waals surface area contributed by atoms with Gasteiger partial charge in [0.25, 0.3) is 0 Å². The Kier molecular flexibility index (Phi) is 19.6. The summed E-state index contributed by atoms with van der Waals surface area (Å²) in [5.74, 6) is -3.10. The monoisotopic (exact) mass is 913 g/mol. The topological polar surface area (TPSA) is 227 Å². The second kappa shape index (κ2) is 22.9. The van der Waals surface area contributed by atoms with Gasteiger partial charge in [-0.3, -0.25) is 24.1 Å². The molecule has 0 aromatic rings. The van der Waals surface area contributed by atoms with Crippen LogP contribution < -0.4 is 5.48 Å². The van der Waals surface area contributed by atoms with Crippen LogP contribution in [-0.2, 0) is 61.9 Å². The van der Waals surface area contributed by atoms with E-state index in [-0.39, 0.29) is 25.0 Å². The molecule has 4 N–H and O–H groups in total. The summed E-state index contributed by atoms with van der Waals surface area (Å²) in [5, 5.41) is 36.8. The first-order valence-corrected chi connectivity index (χ1v) is 22.3. The van der Waals surface area contributed by atoms with Crippen molar-refractivity contribution >= 4 is 23.9 Å². The van der Waals surface area contributed by atoms with Crippen LogP contribution in [0.25, 0.3) is 0 Å². The minimum atomic E-state index is -2.05. The third kappa shape index (κ3) is 13.4. The molecule has 0 saturated carbocycles. The predicted octanol–water partition coefficient (Wildman–Crippen LogP) is 3.46. The number of aliphatic hydroxyl groups is 3. The maximum atomic E-state index is 14.5. The van der Waals surface area contributed by atoms with E-state index in [2.05, 4.69) is 11.4 Å². The zero-order valence-corrected chi connectivity index (χ0v) is 40.5. The van der Waals surface area contributed by atoms with E-state index in [9.17, 15) is 34.5 Å². The second-order valence-electron chi connectivity index (χ2n) is 18.7. The number of esters is 3. The maximum absolute atomic E-state index is 14.5. The van der Waals surface area contributed by atoms with Gasteiger partial charge in [0, 0.05) is 65.5 Å². The molecule has 0 aromatic heterocycles. The summed E-state index contributed by atoms with van der Waals surface area (Å²) in [7, 11) is 3.34. The van der Waals surface area contributed by atoms with Crippen LogP contribution in [0.15, 0.2) is 11.3 Å². The normalized spacial score (nSPS) is 41.5. The van der Waals surface area contributed by atoms with Gasteiger partial charge in [0.05, 0.1) is 53.8 Å². The number of cyclic esters (lactones) is 1. The van der Waals surface area contributed by atoms with Crippen molar-refractivity contribution in [2.45, 2.75) is 206 Å². The number of carbonyl (C=O) groups excluding carboxylic acids is 4. The Labute approximate surface area is 379 Å². The number of likely N-dealkylation sites (N-methyl/N-ethyl adjacent to an activating group) is 1. The van der Waals surface area contributed by atoms with Gasteiger partial charge in [-0.05, 0) is 73.9 Å². The fourth-order valence-corrected chi connectivity index (χ4v) is 9.58. The van der Waals surface area contributed by atoms with Gasteiger partial charge in [-0.15, -0.1) is 12.3 Å². The van der Waals surface area contributed by atoms with E-state index in [1.165, 1.54) is 41.7 Å². The maximum Gasteiger partial charge on any atom is 0.329 e. The van der Waals surface area contributed by atoms with Crippen molar-refractivity contribution in [1.82, 2.24) is 10.4 Å². The Balaban J connectivity index is 2.35. The number of terminal acetylenes is 1. The Hall–Kier alpha value is -3.38. The average molecular weight is 913 g/mol. The number of nitrogens with one attached hydrogen (secondary N) is 1. The molecule has 0 amide bonds. The van der Waals surface area contributed by atoms with Crippen LogP contribution in [0.4, 0.5) is 0 Å². The molecule has 2 saturated heterocycles. The van der Waals surface area contributed by atoms with Crippen molar-refractivity contribution < 1.29 is 77.2 Å². The van der Waals surface area contributed by atoms with Crippen molar-refractivity contribution in [3.8, 4) is 12.3 Å². The molecule has 3 rings (SSSR count). The lowest BCUT2D eigenvalue weighted by Crippen LogP contribution is -2.61. The van der Waals surface area contributed by atoms with E-state index in [1.54, 1.807) is 48.5 Å². The third-order valence-electron chi connectivity index (χ3n) is 13.0. The van der Waals surface area contributed by atoms with Crippen LogP contribution in [-0.4, -0.2) is 149 Å². The zero-order chi connectivity index (χ0) is 48.6. The minimum Gasteiger partial charge on any atom is -0.459 e. The van der Waals surface area contributed by atoms with Crippen LogP contribution in [0, 0.1) is 30.1 Å². The molecule has 3 heterocycles. The molecule has 0 spiro atoms. The van der Waals surface area contributed by atoms with E-state index < -0.39 is 126 Å². The number of nitrogens with zero attached hydrogens (tertiary/aromatic N) is 1. The lowest BCUT2D eigenvalue weighted by molar-refractivity contribution is -0.319. The van der Waals surface area contributed by atoms with E-state index in [0.29, 0.717) is 25.0 Å². The van der Waals surface area contributed by atoms with E-state index >= 15 is 0 Å². The average Bonchev–Trinajstić information content (AvgIpc) is 3.20. The van der Waals surface area contributed by atoms with Crippen LogP contribution in [0.5, 0.6) is 0 Å². The molecule has 2 unspecified atom stereocenters. The molecule has 2 fully saturated rings. The molecule has 0 radical (unpaired) electrons. The van der Waals surface area contributed by atoms with Crippen LogP contribution in [0.1, 0.15) is 122 Å². The third-order valence-corrected chi connectivity index (χ3v) is 13.0. The van der Waals surface area contributed by atoms with Crippen LogP contribution in [0.3, 0.4) is 0 Å². The Morgan fingerprint density at radius 2 is 1.56 bits per heavy atom. The molecule has 3 aliphatic rings. The van der Waals surface area contributed by atoms with Crippen molar-refractivity contribution in [1.29, 1.82) is 0 Å². The molecular weight excluding hydrogens is 837 g/mol. The minimum absolute atomic E-state index is 0.0333. The van der Waals surface area contributed by atoms with Crippen molar-refractivity contribution in [2.24, 2.45) is 17.8 Å². The first-order chi connectivity index (χ1) is 29.6. The number of hydrogen-bond acceptors (Lipinski definition) is 18. The van der Waals surface area contributed by atoms with Crippen LogP contribution >= 0.6 is 0 Å². The second-order valence-corrected chi connectivity index (χ2v) is 18.7.